The fourth-order valence-corrected chi connectivity index (χ4v) is 3.78. The van der Waals surface area contributed by atoms with Crippen LogP contribution in [0.1, 0.15) is 18.6 Å². The first-order chi connectivity index (χ1) is 16.0. The zero-order valence-corrected chi connectivity index (χ0v) is 17.7. The largest absolute Gasteiger partial charge is 0.337 e. The molecule has 0 aliphatic carbocycles. The first-order valence-corrected chi connectivity index (χ1v) is 10.4. The Morgan fingerprint density at radius 1 is 1.18 bits per heavy atom. The minimum Gasteiger partial charge on any atom is -0.337 e. The molecule has 0 aliphatic rings. The lowest BCUT2D eigenvalue weighted by molar-refractivity contribution is -0.116. The molecule has 0 radical (unpaired) electrons. The number of nitrogens with zero attached hydrogens (tertiary/aromatic N) is 5. The second kappa shape index (κ2) is 8.30. The predicted octanol–water partition coefficient (Wildman–Crippen LogP) is 3.12. The lowest BCUT2D eigenvalue weighted by Crippen LogP contribution is -2.25. The molecule has 3 heterocycles. The number of hydrogen-bond acceptors (Lipinski definition) is 6. The van der Waals surface area contributed by atoms with Crippen LogP contribution in [0.4, 0.5) is 10.1 Å². The minimum atomic E-state index is -0.455. The number of para-hydroxylation sites is 1. The number of nitrogens with one attached hydrogen (secondary N) is 1. The van der Waals surface area contributed by atoms with Gasteiger partial charge in [-0.3, -0.25) is 14.2 Å². The minimum absolute atomic E-state index is 0.0613. The van der Waals surface area contributed by atoms with Gasteiger partial charge in [-0.05, 0) is 24.3 Å². The van der Waals surface area contributed by atoms with Gasteiger partial charge < -0.3 is 14.4 Å². The molecule has 9 nitrogen and oxygen atoms in total. The fourth-order valence-electron chi connectivity index (χ4n) is 3.78. The van der Waals surface area contributed by atoms with Crippen LogP contribution in [0.3, 0.4) is 0 Å². The molecule has 0 fully saturated rings. The normalized spacial score (nSPS) is 11.3. The van der Waals surface area contributed by atoms with E-state index >= 15 is 0 Å². The fraction of sp³-hybridized carbons (Fsp3) is 0.174. The van der Waals surface area contributed by atoms with Crippen LogP contribution in [0.25, 0.3) is 21.9 Å². The Hall–Kier alpha value is -4.34. The first-order valence-electron chi connectivity index (χ1n) is 10.4. The number of hydrogen-bond donors (Lipinski definition) is 1. The van der Waals surface area contributed by atoms with Gasteiger partial charge in [0, 0.05) is 17.5 Å². The molecule has 0 atom stereocenters. The molecule has 1 N–H and O–H groups in total. The van der Waals surface area contributed by atoms with Crippen molar-refractivity contribution in [2.75, 3.05) is 5.32 Å². The van der Waals surface area contributed by atoms with E-state index in [0.29, 0.717) is 34.9 Å². The van der Waals surface area contributed by atoms with Crippen LogP contribution >= 0.6 is 0 Å². The summed E-state index contributed by atoms with van der Waals surface area (Å²) in [4.78, 5) is 34.9. The third-order valence-electron chi connectivity index (χ3n) is 5.28. The molecule has 5 aromatic rings. The summed E-state index contributed by atoms with van der Waals surface area (Å²) in [5, 5.41) is 7.28. The van der Waals surface area contributed by atoms with E-state index in [9.17, 15) is 14.0 Å². The van der Waals surface area contributed by atoms with Crippen LogP contribution in [0.2, 0.25) is 0 Å². The van der Waals surface area contributed by atoms with Crippen molar-refractivity contribution in [2.45, 2.75) is 26.4 Å². The molecule has 0 bridgehead atoms. The van der Waals surface area contributed by atoms with Crippen LogP contribution in [-0.2, 0) is 24.3 Å². The Kier molecular flexibility index (Phi) is 5.17. The average Bonchev–Trinajstić information content (AvgIpc) is 3.39. The topological polar surface area (TPSA) is 108 Å². The molecule has 0 saturated carbocycles. The molecule has 2 aromatic carbocycles. The third kappa shape index (κ3) is 3.86. The van der Waals surface area contributed by atoms with E-state index in [0.717, 1.165) is 5.39 Å². The smallest absolute Gasteiger partial charge is 0.278 e. The van der Waals surface area contributed by atoms with Crippen molar-refractivity contribution in [3.05, 3.63) is 82.7 Å². The number of aryl methyl sites for hydroxylation is 1. The van der Waals surface area contributed by atoms with Gasteiger partial charge in [0.2, 0.25) is 11.8 Å². The number of carbonyl (C=O) groups is 1. The van der Waals surface area contributed by atoms with Gasteiger partial charge in [0.05, 0.1) is 11.8 Å². The van der Waals surface area contributed by atoms with E-state index in [2.05, 4.69) is 20.4 Å². The average molecular weight is 446 g/mol. The van der Waals surface area contributed by atoms with Crippen LogP contribution in [0, 0.1) is 5.82 Å². The quantitative estimate of drug-likeness (QED) is 0.429. The highest BCUT2D eigenvalue weighted by molar-refractivity contribution is 6.06. The summed E-state index contributed by atoms with van der Waals surface area (Å²) in [6.07, 6.45) is 2.05. The highest BCUT2D eigenvalue weighted by Gasteiger charge is 2.19. The van der Waals surface area contributed by atoms with Gasteiger partial charge in [-0.25, -0.2) is 9.37 Å². The van der Waals surface area contributed by atoms with Crippen LogP contribution in [-0.4, -0.2) is 30.2 Å². The SMILES string of the molecule is CCc1noc(Cn2cnc3c4ccccc4n(CC(=O)Nc4cccc(F)c4)c3c2=O)n1. The van der Waals surface area contributed by atoms with Crippen molar-refractivity contribution < 1.29 is 13.7 Å². The Balaban J connectivity index is 1.57. The number of amides is 1. The zero-order valence-electron chi connectivity index (χ0n) is 17.7. The standard InChI is InChI=1S/C23H19FN6O3/c1-2-18-27-20(33-28-18)12-29-13-25-21-16-8-3-4-9-17(16)30(22(21)23(29)32)11-19(31)26-15-7-5-6-14(24)10-15/h3-10,13H,2,11-12H2,1H3,(H,26,31). The predicted molar refractivity (Wildman–Crippen MR) is 119 cm³/mol. The summed E-state index contributed by atoms with van der Waals surface area (Å²) in [7, 11) is 0. The van der Waals surface area contributed by atoms with Gasteiger partial charge in [0.15, 0.2) is 5.82 Å². The van der Waals surface area contributed by atoms with Gasteiger partial charge in [0.25, 0.3) is 5.56 Å². The van der Waals surface area contributed by atoms with Gasteiger partial charge in [-0.1, -0.05) is 36.3 Å². The number of rotatable bonds is 6. The molecule has 5 rings (SSSR count). The number of carbonyl (C=O) groups excluding carboxylic acids is 1. The maximum absolute atomic E-state index is 13.5. The maximum atomic E-state index is 13.5. The first kappa shape index (κ1) is 20.6. The molecule has 0 unspecified atom stereocenters. The van der Waals surface area contributed by atoms with E-state index in [4.69, 9.17) is 4.52 Å². The summed E-state index contributed by atoms with van der Waals surface area (Å²) in [6, 6.07) is 13.0. The molecule has 166 valence electrons. The lowest BCUT2D eigenvalue weighted by atomic mass is 10.2. The second-order valence-corrected chi connectivity index (χ2v) is 7.49. The summed E-state index contributed by atoms with van der Waals surface area (Å²) in [5.41, 5.74) is 1.45. The Labute approximate surface area is 186 Å². The van der Waals surface area contributed by atoms with Gasteiger partial charge >= 0.3 is 0 Å². The summed E-state index contributed by atoms with van der Waals surface area (Å²) >= 11 is 0. The number of halogens is 1. The number of aromatic nitrogens is 5. The molecule has 33 heavy (non-hydrogen) atoms. The summed E-state index contributed by atoms with van der Waals surface area (Å²) in [5.74, 6) is -0.0108. The van der Waals surface area contributed by atoms with Crippen molar-refractivity contribution in [1.82, 2.24) is 24.3 Å². The zero-order chi connectivity index (χ0) is 22.9. The number of fused-ring (bicyclic) bond motifs is 3. The van der Waals surface area contributed by atoms with Crippen LogP contribution in [0.5, 0.6) is 0 Å². The molecule has 3 aromatic heterocycles. The molecule has 10 heteroatoms. The van der Waals surface area contributed by atoms with E-state index in [1.54, 1.807) is 10.6 Å². The molecule has 0 spiro atoms. The van der Waals surface area contributed by atoms with Crippen molar-refractivity contribution in [3.63, 3.8) is 0 Å². The Bertz CT molecular complexity index is 1550. The van der Waals surface area contributed by atoms with Crippen molar-refractivity contribution in [2.24, 2.45) is 0 Å². The summed E-state index contributed by atoms with van der Waals surface area (Å²) < 4.78 is 21.7. The Morgan fingerprint density at radius 3 is 2.82 bits per heavy atom. The molecule has 0 saturated heterocycles. The van der Waals surface area contributed by atoms with E-state index < -0.39 is 11.7 Å². The van der Waals surface area contributed by atoms with Crippen LogP contribution in [0.15, 0.2) is 64.2 Å². The molecular weight excluding hydrogens is 427 g/mol. The molecular formula is C23H19FN6O3. The number of anilines is 1. The third-order valence-corrected chi connectivity index (χ3v) is 5.28. The monoisotopic (exact) mass is 446 g/mol. The second-order valence-electron chi connectivity index (χ2n) is 7.49. The highest BCUT2D eigenvalue weighted by atomic mass is 19.1. The van der Waals surface area contributed by atoms with E-state index in [-0.39, 0.29) is 24.2 Å². The highest BCUT2D eigenvalue weighted by Crippen LogP contribution is 2.25. The summed E-state index contributed by atoms with van der Waals surface area (Å²) in [6.45, 7) is 1.81. The van der Waals surface area contributed by atoms with Gasteiger partial charge in [-0.15, -0.1) is 0 Å². The number of benzene rings is 2. The molecule has 1 amide bonds. The van der Waals surface area contributed by atoms with Crippen molar-refractivity contribution >= 4 is 33.5 Å². The lowest BCUT2D eigenvalue weighted by Gasteiger charge is -2.09. The van der Waals surface area contributed by atoms with E-state index in [1.165, 1.54) is 29.1 Å². The molecule has 0 aliphatic heterocycles. The Morgan fingerprint density at radius 2 is 2.03 bits per heavy atom. The van der Waals surface area contributed by atoms with Crippen molar-refractivity contribution in [1.29, 1.82) is 0 Å². The maximum Gasteiger partial charge on any atom is 0.278 e. The van der Waals surface area contributed by atoms with Crippen LogP contribution < -0.4 is 10.9 Å². The van der Waals surface area contributed by atoms with Gasteiger partial charge in [-0.2, -0.15) is 4.98 Å². The van der Waals surface area contributed by atoms with E-state index in [1.807, 2.05) is 31.2 Å². The van der Waals surface area contributed by atoms with Crippen molar-refractivity contribution in [3.8, 4) is 0 Å². The van der Waals surface area contributed by atoms with Gasteiger partial charge in [0.1, 0.15) is 29.9 Å².